The summed E-state index contributed by atoms with van der Waals surface area (Å²) in [5.74, 6) is -1.16. The van der Waals surface area contributed by atoms with E-state index in [-0.39, 0.29) is 52.0 Å². The molecule has 3 rings (SSSR count). The van der Waals surface area contributed by atoms with Gasteiger partial charge in [-0.25, -0.2) is 4.79 Å². The minimum Gasteiger partial charge on any atom is -0.496 e. The van der Waals surface area contributed by atoms with E-state index in [0.29, 0.717) is 11.1 Å². The molecule has 0 unspecified atom stereocenters. The minimum atomic E-state index is -3.97. The van der Waals surface area contributed by atoms with Crippen molar-refractivity contribution in [2.75, 3.05) is 33.3 Å². The standard InChI is InChI=1S/C28H30O11S2/c1-17(2)13-14-37-22-12-9-19(15-23(22)39-41(6,33)34)25-24(35-3)16-21(27(36-4)26(25)28(29)30)18-7-10-20(11-8-18)38-40(5,31)32/h7-13,15-16H,14H2,1-6H3,(H,29,30). The van der Waals surface area contributed by atoms with Gasteiger partial charge in [-0.1, -0.05) is 23.8 Å². The number of carboxylic acids is 1. The molecule has 1 N–H and O–H groups in total. The molecular weight excluding hydrogens is 576 g/mol. The number of rotatable bonds is 12. The summed E-state index contributed by atoms with van der Waals surface area (Å²) in [6.07, 6.45) is 3.60. The fourth-order valence-corrected chi connectivity index (χ4v) is 4.81. The number of methoxy groups -OCH3 is 2. The van der Waals surface area contributed by atoms with Gasteiger partial charge in [-0.2, -0.15) is 16.8 Å². The second-order valence-electron chi connectivity index (χ2n) is 9.07. The molecule has 3 aromatic rings. The first-order valence-corrected chi connectivity index (χ1v) is 15.6. The van der Waals surface area contributed by atoms with Crippen LogP contribution in [0.2, 0.25) is 0 Å². The number of hydrogen-bond donors (Lipinski definition) is 1. The monoisotopic (exact) mass is 606 g/mol. The van der Waals surface area contributed by atoms with E-state index in [2.05, 4.69) is 0 Å². The average molecular weight is 607 g/mol. The summed E-state index contributed by atoms with van der Waals surface area (Å²) in [4.78, 5) is 12.6. The normalized spacial score (nSPS) is 11.4. The quantitative estimate of drug-likeness (QED) is 0.224. The topological polar surface area (TPSA) is 152 Å². The summed E-state index contributed by atoms with van der Waals surface area (Å²) in [7, 11) is -5.05. The number of ether oxygens (including phenoxy) is 3. The van der Waals surface area contributed by atoms with Gasteiger partial charge in [0.25, 0.3) is 0 Å². The number of carbonyl (C=O) groups is 1. The van der Waals surface area contributed by atoms with Crippen molar-refractivity contribution < 1.29 is 49.3 Å². The average Bonchev–Trinajstić information content (AvgIpc) is 2.86. The van der Waals surface area contributed by atoms with Gasteiger partial charge in [-0.05, 0) is 61.4 Å². The van der Waals surface area contributed by atoms with Crippen molar-refractivity contribution >= 4 is 26.2 Å². The van der Waals surface area contributed by atoms with Crippen molar-refractivity contribution in [1.82, 2.24) is 0 Å². The van der Waals surface area contributed by atoms with Gasteiger partial charge in [0.2, 0.25) is 0 Å². The van der Waals surface area contributed by atoms with Crippen LogP contribution in [-0.2, 0) is 20.2 Å². The maximum absolute atomic E-state index is 12.6. The zero-order valence-electron chi connectivity index (χ0n) is 23.2. The van der Waals surface area contributed by atoms with Gasteiger partial charge in [0.15, 0.2) is 11.5 Å². The Morgan fingerprint density at radius 2 is 1.41 bits per heavy atom. The predicted molar refractivity (Wildman–Crippen MR) is 153 cm³/mol. The van der Waals surface area contributed by atoms with Gasteiger partial charge >= 0.3 is 26.2 Å². The van der Waals surface area contributed by atoms with E-state index in [1.165, 1.54) is 38.5 Å². The largest absolute Gasteiger partial charge is 0.496 e. The van der Waals surface area contributed by atoms with Crippen LogP contribution in [-0.4, -0.2) is 61.2 Å². The van der Waals surface area contributed by atoms with Gasteiger partial charge < -0.3 is 27.7 Å². The Morgan fingerprint density at radius 3 is 1.93 bits per heavy atom. The van der Waals surface area contributed by atoms with Crippen molar-refractivity contribution in [2.24, 2.45) is 0 Å². The lowest BCUT2D eigenvalue weighted by Crippen LogP contribution is -2.09. The first kappa shape index (κ1) is 31.3. The lowest BCUT2D eigenvalue weighted by Gasteiger charge is -2.20. The fraction of sp³-hybridized carbons (Fsp3) is 0.250. The predicted octanol–water partition coefficient (Wildman–Crippen LogP) is 4.76. The molecule has 0 aliphatic rings. The van der Waals surface area contributed by atoms with Gasteiger partial charge in [-0.3, -0.25) is 0 Å². The zero-order valence-corrected chi connectivity index (χ0v) is 24.9. The molecule has 11 nitrogen and oxygen atoms in total. The lowest BCUT2D eigenvalue weighted by atomic mass is 9.92. The van der Waals surface area contributed by atoms with Crippen LogP contribution < -0.4 is 22.6 Å². The van der Waals surface area contributed by atoms with Gasteiger partial charge in [0.05, 0.1) is 26.7 Å². The molecule has 0 saturated heterocycles. The molecular formula is C28H30O11S2. The number of carboxylic acid groups (broad SMARTS) is 1. The van der Waals surface area contributed by atoms with Crippen LogP contribution in [0.3, 0.4) is 0 Å². The van der Waals surface area contributed by atoms with E-state index in [9.17, 15) is 26.7 Å². The zero-order chi connectivity index (χ0) is 30.5. The Kier molecular flexibility index (Phi) is 9.56. The van der Waals surface area contributed by atoms with E-state index in [4.69, 9.17) is 22.6 Å². The highest BCUT2D eigenvalue weighted by atomic mass is 32.2. The summed E-state index contributed by atoms with van der Waals surface area (Å²) in [5.41, 5.74) is 1.92. The Labute approximate surface area is 239 Å². The second kappa shape index (κ2) is 12.5. The lowest BCUT2D eigenvalue weighted by molar-refractivity contribution is 0.0694. The number of hydrogen-bond acceptors (Lipinski definition) is 10. The molecule has 0 bridgehead atoms. The fourth-order valence-electron chi connectivity index (χ4n) is 3.89. The first-order valence-electron chi connectivity index (χ1n) is 12.0. The van der Waals surface area contributed by atoms with Gasteiger partial charge in [0, 0.05) is 11.1 Å². The molecule has 0 aromatic heterocycles. The molecule has 0 aliphatic heterocycles. The summed E-state index contributed by atoms with van der Waals surface area (Å²) >= 11 is 0. The summed E-state index contributed by atoms with van der Waals surface area (Å²) in [6.45, 7) is 3.92. The van der Waals surface area contributed by atoms with Crippen molar-refractivity contribution in [1.29, 1.82) is 0 Å². The maximum Gasteiger partial charge on any atom is 0.340 e. The van der Waals surface area contributed by atoms with E-state index in [1.807, 2.05) is 13.8 Å². The summed E-state index contributed by atoms with van der Waals surface area (Å²) in [5, 5.41) is 10.3. The SMILES string of the molecule is COc1cc(-c2ccc(OS(C)(=O)=O)cc2)c(OC)c(C(=O)O)c1-c1ccc(OCC=C(C)C)c(OS(C)(=O)=O)c1. The number of benzene rings is 3. The molecule has 0 heterocycles. The van der Waals surface area contributed by atoms with Crippen molar-refractivity contribution in [3.8, 4) is 51.0 Å². The highest BCUT2D eigenvalue weighted by Crippen LogP contribution is 2.47. The third-order valence-corrected chi connectivity index (χ3v) is 6.48. The molecule has 13 heteroatoms. The third-order valence-electron chi connectivity index (χ3n) is 5.50. The Bertz CT molecular complexity index is 1690. The highest BCUT2D eigenvalue weighted by Gasteiger charge is 2.27. The Balaban J connectivity index is 2.24. The third kappa shape index (κ3) is 8.14. The summed E-state index contributed by atoms with van der Waals surface area (Å²) in [6, 6.07) is 11.8. The molecule has 41 heavy (non-hydrogen) atoms. The molecule has 0 amide bonds. The molecule has 0 radical (unpaired) electrons. The number of allylic oxidation sites excluding steroid dienone is 1. The van der Waals surface area contributed by atoms with Crippen LogP contribution in [0.5, 0.6) is 28.7 Å². The highest BCUT2D eigenvalue weighted by molar-refractivity contribution is 7.86. The molecule has 0 aliphatic carbocycles. The van der Waals surface area contributed by atoms with E-state index in [1.54, 1.807) is 30.3 Å². The van der Waals surface area contributed by atoms with Gasteiger partial charge in [-0.15, -0.1) is 0 Å². The van der Waals surface area contributed by atoms with Crippen molar-refractivity contribution in [3.05, 3.63) is 65.7 Å². The molecule has 220 valence electrons. The maximum atomic E-state index is 12.6. The van der Waals surface area contributed by atoms with Crippen LogP contribution >= 0.6 is 0 Å². The van der Waals surface area contributed by atoms with Crippen LogP contribution in [0.25, 0.3) is 22.3 Å². The minimum absolute atomic E-state index is 0.0143. The van der Waals surface area contributed by atoms with Crippen LogP contribution in [0.15, 0.2) is 60.2 Å². The second-order valence-corrected chi connectivity index (χ2v) is 12.2. The van der Waals surface area contributed by atoms with Crippen molar-refractivity contribution in [2.45, 2.75) is 13.8 Å². The summed E-state index contributed by atoms with van der Waals surface area (Å²) < 4.78 is 73.8. The van der Waals surface area contributed by atoms with Crippen LogP contribution in [0.1, 0.15) is 24.2 Å². The van der Waals surface area contributed by atoms with Crippen LogP contribution in [0, 0.1) is 0 Å². The molecule has 0 atom stereocenters. The van der Waals surface area contributed by atoms with E-state index < -0.39 is 26.2 Å². The first-order chi connectivity index (χ1) is 19.1. The molecule has 0 spiro atoms. The van der Waals surface area contributed by atoms with E-state index >= 15 is 0 Å². The van der Waals surface area contributed by atoms with Gasteiger partial charge in [0.1, 0.15) is 29.4 Å². The number of aromatic carboxylic acids is 1. The molecule has 0 fully saturated rings. The Morgan fingerprint density at radius 1 is 0.805 bits per heavy atom. The van der Waals surface area contributed by atoms with Crippen molar-refractivity contribution in [3.63, 3.8) is 0 Å². The van der Waals surface area contributed by atoms with E-state index in [0.717, 1.165) is 18.1 Å². The van der Waals surface area contributed by atoms with Crippen LogP contribution in [0.4, 0.5) is 0 Å². The molecule has 0 saturated carbocycles. The smallest absolute Gasteiger partial charge is 0.340 e. The Hall–Kier alpha value is -4.23. The molecule has 3 aromatic carbocycles.